The van der Waals surface area contributed by atoms with Gasteiger partial charge in [0.15, 0.2) is 0 Å². The van der Waals surface area contributed by atoms with E-state index in [-0.39, 0.29) is 0 Å². The summed E-state index contributed by atoms with van der Waals surface area (Å²) in [7, 11) is 0. The smallest absolute Gasteiger partial charge is 0.0534 e. The molecule has 3 heteroatoms. The van der Waals surface area contributed by atoms with E-state index in [1.807, 2.05) is 10.9 Å². The molecule has 1 aliphatic rings. The lowest BCUT2D eigenvalue weighted by Crippen LogP contribution is -2.32. The Morgan fingerprint density at radius 2 is 2.06 bits per heavy atom. The fraction of sp³-hybridized carbons (Fsp3) is 0.786. The molecule has 0 aliphatic heterocycles. The molecule has 0 radical (unpaired) electrons. The first kappa shape index (κ1) is 12.6. The van der Waals surface area contributed by atoms with Gasteiger partial charge in [-0.05, 0) is 45.4 Å². The quantitative estimate of drug-likeness (QED) is 0.869. The minimum atomic E-state index is 0.458. The van der Waals surface area contributed by atoms with Gasteiger partial charge in [0.2, 0.25) is 0 Å². The molecule has 1 aliphatic carbocycles. The van der Waals surface area contributed by atoms with Crippen LogP contribution in [0, 0.1) is 5.92 Å². The van der Waals surface area contributed by atoms with Crippen molar-refractivity contribution in [1.82, 2.24) is 15.1 Å². The van der Waals surface area contributed by atoms with Crippen molar-refractivity contribution in [3.8, 4) is 0 Å². The number of hydrogen-bond acceptors (Lipinski definition) is 2. The van der Waals surface area contributed by atoms with Gasteiger partial charge in [0, 0.05) is 30.4 Å². The molecule has 0 unspecified atom stereocenters. The molecule has 1 fully saturated rings. The second-order valence-electron chi connectivity index (χ2n) is 5.76. The highest BCUT2D eigenvalue weighted by molar-refractivity contribution is 5.04. The molecule has 0 saturated heterocycles. The van der Waals surface area contributed by atoms with Gasteiger partial charge < -0.3 is 5.32 Å². The highest BCUT2D eigenvalue weighted by atomic mass is 15.3. The van der Waals surface area contributed by atoms with E-state index in [1.165, 1.54) is 31.2 Å². The largest absolute Gasteiger partial charge is 0.310 e. The van der Waals surface area contributed by atoms with Crippen LogP contribution in [0.25, 0.3) is 0 Å². The summed E-state index contributed by atoms with van der Waals surface area (Å²) >= 11 is 0. The second kappa shape index (κ2) is 5.67. The van der Waals surface area contributed by atoms with Gasteiger partial charge in [-0.25, -0.2) is 0 Å². The molecule has 1 N–H and O–H groups in total. The summed E-state index contributed by atoms with van der Waals surface area (Å²) in [6, 6.07) is 1.17. The van der Waals surface area contributed by atoms with Crippen LogP contribution in [0.15, 0.2) is 12.4 Å². The third-order valence-electron chi connectivity index (χ3n) is 3.79. The van der Waals surface area contributed by atoms with Gasteiger partial charge in [0.05, 0.1) is 6.20 Å². The Balaban J connectivity index is 1.77. The standard InChI is InChI=1S/C14H25N3/c1-11(2)17-10-13(9-16-17)8-15-14-6-4-12(3)5-7-14/h9-12,14-15H,4-8H2,1-3H3. The first-order valence-electron chi connectivity index (χ1n) is 6.91. The topological polar surface area (TPSA) is 29.9 Å². The zero-order valence-electron chi connectivity index (χ0n) is 11.3. The van der Waals surface area contributed by atoms with Gasteiger partial charge >= 0.3 is 0 Å². The van der Waals surface area contributed by atoms with Crippen LogP contribution in [0.3, 0.4) is 0 Å². The van der Waals surface area contributed by atoms with Crippen molar-refractivity contribution in [2.24, 2.45) is 5.92 Å². The molecule has 1 aromatic rings. The summed E-state index contributed by atoms with van der Waals surface area (Å²) in [5, 5.41) is 8.03. The highest BCUT2D eigenvalue weighted by Gasteiger charge is 2.17. The first-order valence-corrected chi connectivity index (χ1v) is 6.91. The van der Waals surface area contributed by atoms with Crippen LogP contribution in [-0.2, 0) is 6.54 Å². The summed E-state index contributed by atoms with van der Waals surface area (Å²) in [5.74, 6) is 0.928. The van der Waals surface area contributed by atoms with E-state index in [2.05, 4.69) is 37.4 Å². The van der Waals surface area contributed by atoms with Crippen molar-refractivity contribution in [2.45, 2.75) is 65.1 Å². The number of hydrogen-bond donors (Lipinski definition) is 1. The van der Waals surface area contributed by atoms with Crippen LogP contribution in [0.5, 0.6) is 0 Å². The molecule has 2 rings (SSSR count). The maximum atomic E-state index is 4.37. The van der Waals surface area contributed by atoms with E-state index in [0.29, 0.717) is 12.1 Å². The summed E-state index contributed by atoms with van der Waals surface area (Å²) in [4.78, 5) is 0. The van der Waals surface area contributed by atoms with Gasteiger partial charge in [-0.3, -0.25) is 4.68 Å². The van der Waals surface area contributed by atoms with E-state index >= 15 is 0 Å². The van der Waals surface area contributed by atoms with Crippen LogP contribution in [0.2, 0.25) is 0 Å². The molecule has 0 spiro atoms. The lowest BCUT2D eigenvalue weighted by molar-refractivity contribution is 0.306. The van der Waals surface area contributed by atoms with Crippen LogP contribution in [-0.4, -0.2) is 15.8 Å². The summed E-state index contributed by atoms with van der Waals surface area (Å²) in [6.07, 6.45) is 9.56. The van der Waals surface area contributed by atoms with Gasteiger partial charge in [-0.2, -0.15) is 5.10 Å². The molecule has 3 nitrogen and oxygen atoms in total. The Kier molecular flexibility index (Phi) is 4.21. The van der Waals surface area contributed by atoms with E-state index < -0.39 is 0 Å². The van der Waals surface area contributed by atoms with Crippen molar-refractivity contribution < 1.29 is 0 Å². The molecule has 0 aromatic carbocycles. The number of nitrogens with zero attached hydrogens (tertiary/aromatic N) is 2. The van der Waals surface area contributed by atoms with Crippen molar-refractivity contribution in [1.29, 1.82) is 0 Å². The van der Waals surface area contributed by atoms with E-state index in [1.54, 1.807) is 0 Å². The lowest BCUT2D eigenvalue weighted by Gasteiger charge is -2.26. The minimum Gasteiger partial charge on any atom is -0.310 e. The molecule has 0 bridgehead atoms. The third kappa shape index (κ3) is 3.56. The highest BCUT2D eigenvalue weighted by Crippen LogP contribution is 2.23. The Morgan fingerprint density at radius 3 is 2.65 bits per heavy atom. The maximum Gasteiger partial charge on any atom is 0.0534 e. The summed E-state index contributed by atoms with van der Waals surface area (Å²) in [5.41, 5.74) is 1.30. The SMILES string of the molecule is CC1CCC(NCc2cnn(C(C)C)c2)CC1. The Bertz CT molecular complexity index is 335. The molecule has 0 amide bonds. The van der Waals surface area contributed by atoms with Crippen molar-refractivity contribution >= 4 is 0 Å². The maximum absolute atomic E-state index is 4.37. The number of nitrogens with one attached hydrogen (secondary N) is 1. The zero-order valence-corrected chi connectivity index (χ0v) is 11.3. The molecule has 1 heterocycles. The fourth-order valence-electron chi connectivity index (χ4n) is 2.48. The van der Waals surface area contributed by atoms with Crippen LogP contribution < -0.4 is 5.32 Å². The predicted molar refractivity (Wildman–Crippen MR) is 70.9 cm³/mol. The molecule has 0 atom stereocenters. The van der Waals surface area contributed by atoms with E-state index in [4.69, 9.17) is 0 Å². The average molecular weight is 235 g/mol. The normalized spacial score (nSPS) is 25.4. The van der Waals surface area contributed by atoms with Crippen LogP contribution >= 0.6 is 0 Å². The molecule has 1 aromatic heterocycles. The Morgan fingerprint density at radius 1 is 1.35 bits per heavy atom. The summed E-state index contributed by atoms with van der Waals surface area (Å²) < 4.78 is 2.03. The average Bonchev–Trinajstić information content (AvgIpc) is 2.77. The predicted octanol–water partition coefficient (Wildman–Crippen LogP) is 3.13. The minimum absolute atomic E-state index is 0.458. The van der Waals surface area contributed by atoms with Crippen molar-refractivity contribution in [3.05, 3.63) is 18.0 Å². The van der Waals surface area contributed by atoms with E-state index in [0.717, 1.165) is 12.5 Å². The zero-order chi connectivity index (χ0) is 12.3. The molecular weight excluding hydrogens is 210 g/mol. The molecule has 96 valence electrons. The Labute approximate surface area is 105 Å². The molecule has 17 heavy (non-hydrogen) atoms. The monoisotopic (exact) mass is 235 g/mol. The van der Waals surface area contributed by atoms with Crippen LogP contribution in [0.4, 0.5) is 0 Å². The Hall–Kier alpha value is -0.830. The van der Waals surface area contributed by atoms with Gasteiger partial charge in [0.1, 0.15) is 0 Å². The lowest BCUT2D eigenvalue weighted by atomic mass is 9.87. The first-order chi connectivity index (χ1) is 8.15. The molecule has 1 saturated carbocycles. The summed E-state index contributed by atoms with van der Waals surface area (Å²) in [6.45, 7) is 7.65. The fourth-order valence-corrected chi connectivity index (χ4v) is 2.48. The second-order valence-corrected chi connectivity index (χ2v) is 5.76. The van der Waals surface area contributed by atoms with Crippen molar-refractivity contribution in [3.63, 3.8) is 0 Å². The van der Waals surface area contributed by atoms with Gasteiger partial charge in [-0.1, -0.05) is 6.92 Å². The number of rotatable bonds is 4. The van der Waals surface area contributed by atoms with Crippen LogP contribution in [0.1, 0.15) is 58.1 Å². The van der Waals surface area contributed by atoms with E-state index in [9.17, 15) is 0 Å². The van der Waals surface area contributed by atoms with Gasteiger partial charge in [0.25, 0.3) is 0 Å². The van der Waals surface area contributed by atoms with Gasteiger partial charge in [-0.15, -0.1) is 0 Å². The third-order valence-corrected chi connectivity index (χ3v) is 3.79. The molecular formula is C14H25N3. The van der Waals surface area contributed by atoms with Crippen molar-refractivity contribution in [2.75, 3.05) is 0 Å². The number of aromatic nitrogens is 2.